The highest BCUT2D eigenvalue weighted by molar-refractivity contribution is 5.94. The molecule has 0 bridgehead atoms. The first kappa shape index (κ1) is 21.4. The van der Waals surface area contributed by atoms with Crippen LogP contribution in [-0.4, -0.2) is 25.5 Å². The number of aryl methyl sites for hydroxylation is 1. The molecule has 0 spiro atoms. The summed E-state index contributed by atoms with van der Waals surface area (Å²) >= 11 is 0. The highest BCUT2D eigenvalue weighted by atomic mass is 19.1. The molecule has 1 amide bonds. The van der Waals surface area contributed by atoms with Gasteiger partial charge in [0.2, 0.25) is 0 Å². The maximum atomic E-state index is 13.8. The van der Waals surface area contributed by atoms with Crippen LogP contribution in [0.15, 0.2) is 47.5 Å². The van der Waals surface area contributed by atoms with Gasteiger partial charge in [-0.25, -0.2) is 4.39 Å². The molecule has 0 aliphatic carbocycles. The van der Waals surface area contributed by atoms with Crippen molar-refractivity contribution in [3.8, 4) is 0 Å². The fourth-order valence-corrected chi connectivity index (χ4v) is 2.71. The summed E-state index contributed by atoms with van der Waals surface area (Å²) in [7, 11) is 1.69. The molecule has 0 radical (unpaired) electrons. The molecule has 0 aliphatic rings. The summed E-state index contributed by atoms with van der Waals surface area (Å²) in [5.41, 5.74) is 3.09. The van der Waals surface area contributed by atoms with Gasteiger partial charge >= 0.3 is 0 Å². The lowest BCUT2D eigenvalue weighted by Crippen LogP contribution is -2.38. The first-order valence-corrected chi connectivity index (χ1v) is 9.55. The number of carbonyl (C=O) groups is 1. The van der Waals surface area contributed by atoms with E-state index in [1.165, 1.54) is 0 Å². The molecule has 2 aromatic rings. The number of guanidine groups is 1. The summed E-state index contributed by atoms with van der Waals surface area (Å²) in [5, 5.41) is 9.37. The average Bonchev–Trinajstić information content (AvgIpc) is 2.71. The second kappa shape index (κ2) is 10.4. The molecular weight excluding hydrogens is 355 g/mol. The Morgan fingerprint density at radius 2 is 1.96 bits per heavy atom. The fourth-order valence-electron chi connectivity index (χ4n) is 2.71. The summed E-state index contributed by atoms with van der Waals surface area (Å²) in [6, 6.07) is 12.6. The van der Waals surface area contributed by atoms with Gasteiger partial charge in [0.1, 0.15) is 5.82 Å². The van der Waals surface area contributed by atoms with Gasteiger partial charge in [0, 0.05) is 25.7 Å². The number of aliphatic imine (C=N–C) groups is 1. The van der Waals surface area contributed by atoms with E-state index in [4.69, 9.17) is 0 Å². The van der Waals surface area contributed by atoms with Crippen LogP contribution in [0.2, 0.25) is 0 Å². The molecule has 0 aliphatic heterocycles. The fraction of sp³-hybridized carbons (Fsp3) is 0.364. The number of amides is 1. The molecule has 2 rings (SSSR count). The Balaban J connectivity index is 1.96. The number of hydrogen-bond acceptors (Lipinski definition) is 2. The molecule has 0 saturated carbocycles. The van der Waals surface area contributed by atoms with Crippen LogP contribution in [0.5, 0.6) is 0 Å². The summed E-state index contributed by atoms with van der Waals surface area (Å²) in [6.07, 6.45) is 0.901. The summed E-state index contributed by atoms with van der Waals surface area (Å²) in [6.45, 7) is 6.90. The van der Waals surface area contributed by atoms with Gasteiger partial charge in [-0.2, -0.15) is 0 Å². The van der Waals surface area contributed by atoms with Crippen LogP contribution in [-0.2, 0) is 6.54 Å². The first-order chi connectivity index (χ1) is 13.4. The van der Waals surface area contributed by atoms with Crippen molar-refractivity contribution >= 4 is 11.9 Å². The quantitative estimate of drug-likeness (QED) is 0.504. The van der Waals surface area contributed by atoms with Gasteiger partial charge in [-0.15, -0.1) is 0 Å². The summed E-state index contributed by atoms with van der Waals surface area (Å²) in [4.78, 5) is 16.3. The number of nitrogens with one attached hydrogen (secondary N) is 3. The molecule has 2 aromatic carbocycles. The van der Waals surface area contributed by atoms with Crippen LogP contribution in [0.25, 0.3) is 0 Å². The lowest BCUT2D eigenvalue weighted by molar-refractivity contribution is 0.0953. The third-order valence-corrected chi connectivity index (χ3v) is 4.46. The van der Waals surface area contributed by atoms with Crippen LogP contribution in [0.1, 0.15) is 53.4 Å². The van der Waals surface area contributed by atoms with Gasteiger partial charge in [0.15, 0.2) is 5.96 Å². The Kier molecular flexibility index (Phi) is 7.99. The van der Waals surface area contributed by atoms with Crippen molar-refractivity contribution in [3.05, 3.63) is 70.5 Å². The van der Waals surface area contributed by atoms with Crippen LogP contribution >= 0.6 is 0 Å². The Labute approximate surface area is 166 Å². The molecular formula is C22H29FN4O. The first-order valence-electron chi connectivity index (χ1n) is 9.55. The lowest BCUT2D eigenvalue weighted by atomic mass is 10.1. The van der Waals surface area contributed by atoms with E-state index in [0.717, 1.165) is 17.5 Å². The van der Waals surface area contributed by atoms with Gasteiger partial charge in [-0.05, 0) is 55.2 Å². The number of benzene rings is 2. The molecule has 150 valence electrons. The van der Waals surface area contributed by atoms with E-state index < -0.39 is 0 Å². The summed E-state index contributed by atoms with van der Waals surface area (Å²) in [5.74, 6) is 0.322. The average molecular weight is 384 g/mol. The minimum atomic E-state index is -0.215. The van der Waals surface area contributed by atoms with Crippen molar-refractivity contribution in [1.29, 1.82) is 0 Å². The van der Waals surface area contributed by atoms with Gasteiger partial charge in [-0.3, -0.25) is 9.79 Å². The Morgan fingerprint density at radius 3 is 2.64 bits per heavy atom. The highest BCUT2D eigenvalue weighted by Gasteiger charge is 2.10. The number of hydrogen-bond donors (Lipinski definition) is 3. The van der Waals surface area contributed by atoms with Gasteiger partial charge < -0.3 is 16.0 Å². The number of rotatable bonds is 7. The number of carbonyl (C=O) groups excluding carboxylic acids is 1. The largest absolute Gasteiger partial charge is 0.352 e. The minimum absolute atomic E-state index is 0.0683. The van der Waals surface area contributed by atoms with Gasteiger partial charge in [-0.1, -0.05) is 31.2 Å². The molecule has 3 N–H and O–H groups in total. The van der Waals surface area contributed by atoms with Crippen LogP contribution in [0.3, 0.4) is 0 Å². The molecule has 0 aromatic heterocycles. The van der Waals surface area contributed by atoms with Gasteiger partial charge in [0.25, 0.3) is 5.91 Å². The lowest BCUT2D eigenvalue weighted by Gasteiger charge is -2.19. The second-order valence-corrected chi connectivity index (χ2v) is 6.76. The zero-order chi connectivity index (χ0) is 20.5. The maximum Gasteiger partial charge on any atom is 0.251 e. The van der Waals surface area contributed by atoms with Crippen molar-refractivity contribution in [2.75, 3.05) is 13.6 Å². The standard InChI is InChI=1S/C22H29FN4O/c1-5-11-25-21(28)19-8-6-7-17(12-19)14-26-22(24-4)27-16(3)18-10-9-15(2)20(23)13-18/h6-10,12-13,16H,5,11,14H2,1-4H3,(H,25,28)(H2,24,26,27). The van der Waals surface area contributed by atoms with E-state index in [0.29, 0.717) is 30.2 Å². The Hall–Kier alpha value is -2.89. The van der Waals surface area contributed by atoms with Crippen LogP contribution < -0.4 is 16.0 Å². The third-order valence-electron chi connectivity index (χ3n) is 4.46. The van der Waals surface area contributed by atoms with E-state index in [-0.39, 0.29) is 17.8 Å². The smallest absolute Gasteiger partial charge is 0.251 e. The van der Waals surface area contributed by atoms with Crippen molar-refractivity contribution in [3.63, 3.8) is 0 Å². The molecule has 0 fully saturated rings. The highest BCUT2D eigenvalue weighted by Crippen LogP contribution is 2.16. The molecule has 0 heterocycles. The number of nitrogens with zero attached hydrogens (tertiary/aromatic N) is 1. The molecule has 5 nitrogen and oxygen atoms in total. The molecule has 1 atom stereocenters. The van der Waals surface area contributed by atoms with Crippen LogP contribution in [0, 0.1) is 12.7 Å². The predicted molar refractivity (Wildman–Crippen MR) is 112 cm³/mol. The monoisotopic (exact) mass is 384 g/mol. The molecule has 6 heteroatoms. The van der Waals surface area contributed by atoms with Crippen molar-refractivity contribution < 1.29 is 9.18 Å². The number of halogens is 1. The van der Waals surface area contributed by atoms with Crippen LogP contribution in [0.4, 0.5) is 4.39 Å². The van der Waals surface area contributed by atoms with E-state index in [2.05, 4.69) is 20.9 Å². The van der Waals surface area contributed by atoms with Gasteiger partial charge in [0.05, 0.1) is 6.04 Å². The van der Waals surface area contributed by atoms with E-state index in [9.17, 15) is 9.18 Å². The zero-order valence-electron chi connectivity index (χ0n) is 17.0. The topological polar surface area (TPSA) is 65.5 Å². The van der Waals surface area contributed by atoms with E-state index in [1.54, 1.807) is 32.2 Å². The predicted octanol–water partition coefficient (Wildman–Crippen LogP) is 3.70. The zero-order valence-corrected chi connectivity index (χ0v) is 17.0. The Bertz CT molecular complexity index is 835. The van der Waals surface area contributed by atoms with E-state index >= 15 is 0 Å². The molecule has 28 heavy (non-hydrogen) atoms. The van der Waals surface area contributed by atoms with Crippen molar-refractivity contribution in [2.24, 2.45) is 4.99 Å². The summed E-state index contributed by atoms with van der Waals surface area (Å²) < 4.78 is 13.8. The third kappa shape index (κ3) is 6.08. The van der Waals surface area contributed by atoms with Crippen molar-refractivity contribution in [2.45, 2.75) is 39.8 Å². The van der Waals surface area contributed by atoms with E-state index in [1.807, 2.05) is 38.1 Å². The minimum Gasteiger partial charge on any atom is -0.352 e. The Morgan fingerprint density at radius 1 is 1.18 bits per heavy atom. The molecule has 0 saturated heterocycles. The maximum absolute atomic E-state index is 13.8. The SMILES string of the molecule is CCCNC(=O)c1cccc(CNC(=NC)NC(C)c2ccc(C)c(F)c2)c1. The normalized spacial score (nSPS) is 12.4. The van der Waals surface area contributed by atoms with Crippen molar-refractivity contribution in [1.82, 2.24) is 16.0 Å². The second-order valence-electron chi connectivity index (χ2n) is 6.76. The molecule has 1 unspecified atom stereocenters.